The number of carbonyl (C=O) groups is 1. The monoisotopic (exact) mass is 246 g/mol. The molecule has 4 nitrogen and oxygen atoms in total. The predicted octanol–water partition coefficient (Wildman–Crippen LogP) is 2.22. The van der Waals surface area contributed by atoms with Crippen LogP contribution < -0.4 is 0 Å². The fourth-order valence-corrected chi connectivity index (χ4v) is 1.88. The molecule has 0 amide bonds. The van der Waals surface area contributed by atoms with Gasteiger partial charge in [0.15, 0.2) is 5.78 Å². The first-order chi connectivity index (χ1) is 8.30. The number of Topliss-reactive ketones (excluding diaryl/α,β-unsaturated/α-hetero) is 1. The van der Waals surface area contributed by atoms with Crippen molar-refractivity contribution in [1.82, 2.24) is 9.55 Å². The molecule has 0 radical (unpaired) electrons. The van der Waals surface area contributed by atoms with Gasteiger partial charge in [0.1, 0.15) is 6.10 Å². The summed E-state index contributed by atoms with van der Waals surface area (Å²) in [4.78, 5) is 16.3. The highest BCUT2D eigenvalue weighted by atomic mass is 16.3. The number of hydrogen-bond acceptors (Lipinski definition) is 3. The van der Waals surface area contributed by atoms with Crippen LogP contribution >= 0.6 is 0 Å². The van der Waals surface area contributed by atoms with Crippen molar-refractivity contribution in [3.63, 3.8) is 0 Å². The normalized spacial score (nSPS) is 13.8. The van der Waals surface area contributed by atoms with Gasteiger partial charge in [-0.1, -0.05) is 26.8 Å². The van der Waals surface area contributed by atoms with Crippen molar-refractivity contribution in [3.05, 3.63) is 30.1 Å². The van der Waals surface area contributed by atoms with Gasteiger partial charge >= 0.3 is 0 Å². The molecule has 0 spiro atoms. The van der Waals surface area contributed by atoms with Gasteiger partial charge in [-0.3, -0.25) is 4.79 Å². The fourth-order valence-electron chi connectivity index (χ4n) is 1.88. The quantitative estimate of drug-likeness (QED) is 0.884. The molecule has 0 aliphatic rings. The fraction of sp³-hybridized carbons (Fsp3) is 0.429. The summed E-state index contributed by atoms with van der Waals surface area (Å²) in [5.41, 5.74) is 1.81. The van der Waals surface area contributed by atoms with E-state index in [0.717, 1.165) is 11.0 Å². The highest BCUT2D eigenvalue weighted by Crippen LogP contribution is 2.27. The molecule has 1 aromatic carbocycles. The third-order valence-corrected chi connectivity index (χ3v) is 3.05. The van der Waals surface area contributed by atoms with Crippen molar-refractivity contribution in [2.45, 2.75) is 26.9 Å². The van der Waals surface area contributed by atoms with Gasteiger partial charge in [0.2, 0.25) is 0 Å². The van der Waals surface area contributed by atoms with E-state index in [1.165, 1.54) is 0 Å². The third-order valence-electron chi connectivity index (χ3n) is 3.05. The Morgan fingerprint density at radius 2 is 2.06 bits per heavy atom. The molecule has 1 heterocycles. The second kappa shape index (κ2) is 4.21. The lowest BCUT2D eigenvalue weighted by Gasteiger charge is -2.21. The molecule has 2 rings (SSSR count). The summed E-state index contributed by atoms with van der Waals surface area (Å²) in [6.07, 6.45) is 0.628. The van der Waals surface area contributed by atoms with Gasteiger partial charge in [-0.15, -0.1) is 0 Å². The molecule has 4 heteroatoms. The molecule has 0 fully saturated rings. The van der Waals surface area contributed by atoms with Crippen molar-refractivity contribution in [1.29, 1.82) is 0 Å². The molecule has 1 aromatic heterocycles. The van der Waals surface area contributed by atoms with E-state index in [-0.39, 0.29) is 5.78 Å². The smallest absolute Gasteiger partial charge is 0.171 e. The van der Waals surface area contributed by atoms with E-state index in [1.54, 1.807) is 39.2 Å². The molecule has 1 atom stereocenters. The highest BCUT2D eigenvalue weighted by Gasteiger charge is 2.29. The summed E-state index contributed by atoms with van der Waals surface area (Å²) in [5, 5.41) is 10.1. The molecule has 18 heavy (non-hydrogen) atoms. The molecule has 0 aliphatic carbocycles. The van der Waals surface area contributed by atoms with Crippen LogP contribution in [-0.2, 0) is 11.8 Å². The van der Waals surface area contributed by atoms with Crippen LogP contribution in [0.2, 0.25) is 0 Å². The SMILES string of the molecule is Cn1cnc2cc(C(O)C(=O)C(C)(C)C)ccc21. The Labute approximate surface area is 106 Å². The molecule has 1 unspecified atom stereocenters. The number of ketones is 1. The van der Waals surface area contributed by atoms with Gasteiger partial charge in [-0.2, -0.15) is 0 Å². The van der Waals surface area contributed by atoms with Crippen LogP contribution in [0.15, 0.2) is 24.5 Å². The number of benzene rings is 1. The number of imidazole rings is 1. The Balaban J connectivity index is 2.39. The number of aromatic nitrogens is 2. The lowest BCUT2D eigenvalue weighted by molar-refractivity contribution is -0.135. The summed E-state index contributed by atoms with van der Waals surface area (Å²) in [7, 11) is 1.91. The number of aryl methyl sites for hydroxylation is 1. The zero-order valence-corrected chi connectivity index (χ0v) is 11.1. The minimum Gasteiger partial charge on any atom is -0.381 e. The summed E-state index contributed by atoms with van der Waals surface area (Å²) in [6, 6.07) is 5.42. The summed E-state index contributed by atoms with van der Waals surface area (Å²) in [6.45, 7) is 5.41. The number of aliphatic hydroxyl groups excluding tert-OH is 1. The zero-order chi connectivity index (χ0) is 13.5. The Morgan fingerprint density at radius 1 is 1.39 bits per heavy atom. The largest absolute Gasteiger partial charge is 0.381 e. The second-order valence-corrected chi connectivity index (χ2v) is 5.62. The average molecular weight is 246 g/mol. The molecule has 1 N–H and O–H groups in total. The lowest BCUT2D eigenvalue weighted by Crippen LogP contribution is -2.26. The summed E-state index contributed by atoms with van der Waals surface area (Å²) >= 11 is 0. The molecule has 0 saturated carbocycles. The number of hydrogen-bond donors (Lipinski definition) is 1. The van der Waals surface area contributed by atoms with E-state index >= 15 is 0 Å². The molecule has 0 saturated heterocycles. The Morgan fingerprint density at radius 3 is 2.67 bits per heavy atom. The maximum atomic E-state index is 12.0. The summed E-state index contributed by atoms with van der Waals surface area (Å²) < 4.78 is 1.90. The van der Waals surface area contributed by atoms with Gasteiger partial charge in [0.25, 0.3) is 0 Å². The maximum absolute atomic E-state index is 12.0. The van der Waals surface area contributed by atoms with Crippen molar-refractivity contribution in [2.75, 3.05) is 0 Å². The van der Waals surface area contributed by atoms with Crippen LogP contribution in [0.1, 0.15) is 32.4 Å². The van der Waals surface area contributed by atoms with Gasteiger partial charge in [0, 0.05) is 12.5 Å². The number of nitrogens with zero attached hydrogens (tertiary/aromatic N) is 2. The standard InChI is InChI=1S/C14H18N2O2/c1-14(2,3)13(18)12(17)9-5-6-11-10(7-9)15-8-16(11)4/h5-8,12,17H,1-4H3. The maximum Gasteiger partial charge on any atom is 0.171 e. The first-order valence-corrected chi connectivity index (χ1v) is 5.94. The van der Waals surface area contributed by atoms with E-state index in [4.69, 9.17) is 0 Å². The van der Waals surface area contributed by atoms with Crippen LogP contribution in [0.3, 0.4) is 0 Å². The molecule has 2 aromatic rings. The van der Waals surface area contributed by atoms with Crippen molar-refractivity contribution in [2.24, 2.45) is 12.5 Å². The first kappa shape index (κ1) is 12.8. The molecule has 96 valence electrons. The molecule has 0 bridgehead atoms. The van der Waals surface area contributed by atoms with Crippen LogP contribution in [0.4, 0.5) is 0 Å². The van der Waals surface area contributed by atoms with Crippen LogP contribution in [0.25, 0.3) is 11.0 Å². The minimum atomic E-state index is -1.09. The predicted molar refractivity (Wildman–Crippen MR) is 70.1 cm³/mol. The average Bonchev–Trinajstić information content (AvgIpc) is 2.67. The second-order valence-electron chi connectivity index (χ2n) is 5.62. The zero-order valence-electron chi connectivity index (χ0n) is 11.1. The van der Waals surface area contributed by atoms with Crippen molar-refractivity contribution >= 4 is 16.8 Å². The van der Waals surface area contributed by atoms with Gasteiger partial charge in [-0.25, -0.2) is 4.98 Å². The third kappa shape index (κ3) is 2.16. The van der Waals surface area contributed by atoms with Crippen molar-refractivity contribution in [3.8, 4) is 0 Å². The van der Waals surface area contributed by atoms with Gasteiger partial charge in [0.05, 0.1) is 17.4 Å². The topological polar surface area (TPSA) is 55.1 Å². The Hall–Kier alpha value is -1.68. The number of rotatable bonds is 2. The molecule has 0 aliphatic heterocycles. The van der Waals surface area contributed by atoms with E-state index in [2.05, 4.69) is 4.98 Å². The van der Waals surface area contributed by atoms with Crippen molar-refractivity contribution < 1.29 is 9.90 Å². The van der Waals surface area contributed by atoms with E-state index in [9.17, 15) is 9.90 Å². The first-order valence-electron chi connectivity index (χ1n) is 5.94. The lowest BCUT2D eigenvalue weighted by atomic mass is 9.85. The molecular formula is C14H18N2O2. The number of aliphatic hydroxyl groups is 1. The van der Waals surface area contributed by atoms with Crippen LogP contribution in [0.5, 0.6) is 0 Å². The van der Waals surface area contributed by atoms with E-state index in [1.807, 2.05) is 17.7 Å². The Kier molecular flexibility index (Phi) is 2.99. The highest BCUT2D eigenvalue weighted by molar-refractivity contribution is 5.89. The molecular weight excluding hydrogens is 228 g/mol. The van der Waals surface area contributed by atoms with Crippen LogP contribution in [0, 0.1) is 5.41 Å². The van der Waals surface area contributed by atoms with E-state index < -0.39 is 11.5 Å². The van der Waals surface area contributed by atoms with E-state index in [0.29, 0.717) is 5.56 Å². The summed E-state index contributed by atoms with van der Waals surface area (Å²) in [5.74, 6) is -0.183. The number of carbonyl (C=O) groups excluding carboxylic acids is 1. The Bertz CT molecular complexity index is 593. The van der Waals surface area contributed by atoms with Gasteiger partial charge < -0.3 is 9.67 Å². The number of fused-ring (bicyclic) bond motifs is 1. The minimum absolute atomic E-state index is 0.183. The van der Waals surface area contributed by atoms with Gasteiger partial charge in [-0.05, 0) is 17.7 Å². The van der Waals surface area contributed by atoms with Crippen LogP contribution in [-0.4, -0.2) is 20.4 Å².